The van der Waals surface area contributed by atoms with E-state index in [9.17, 15) is 5.11 Å². The summed E-state index contributed by atoms with van der Waals surface area (Å²) in [7, 11) is 0. The van der Waals surface area contributed by atoms with Crippen molar-refractivity contribution in [3.05, 3.63) is 29.3 Å². The van der Waals surface area contributed by atoms with Gasteiger partial charge in [-0.05, 0) is 24.3 Å². The van der Waals surface area contributed by atoms with E-state index in [-0.39, 0.29) is 0 Å². The van der Waals surface area contributed by atoms with Crippen molar-refractivity contribution in [1.82, 2.24) is 0 Å². The van der Waals surface area contributed by atoms with Gasteiger partial charge in [0.25, 0.3) is 0 Å². The first-order valence-corrected chi connectivity index (χ1v) is 5.46. The lowest BCUT2D eigenvalue weighted by atomic mass is 10.0. The highest BCUT2D eigenvalue weighted by Crippen LogP contribution is 2.24. The van der Waals surface area contributed by atoms with Crippen molar-refractivity contribution < 1.29 is 5.11 Å². The molecule has 0 saturated carbocycles. The number of aliphatic hydroxyl groups is 1. The molecule has 0 atom stereocenters. The third-order valence-electron chi connectivity index (χ3n) is 2.82. The summed E-state index contributed by atoms with van der Waals surface area (Å²) in [4.78, 5) is 2.21. The average molecular weight is 227 g/mol. The van der Waals surface area contributed by atoms with Crippen molar-refractivity contribution in [1.29, 1.82) is 0 Å². The number of benzene rings is 1. The number of anilines is 1. The van der Waals surface area contributed by atoms with Gasteiger partial charge in [-0.15, -0.1) is 0 Å². The van der Waals surface area contributed by atoms with Crippen LogP contribution in [0.2, 0.25) is 5.02 Å². The number of nitrogens with two attached hydrogens (primary N) is 1. The van der Waals surface area contributed by atoms with Crippen LogP contribution in [0.5, 0.6) is 0 Å². The summed E-state index contributed by atoms with van der Waals surface area (Å²) in [5.41, 5.74) is 5.80. The van der Waals surface area contributed by atoms with Gasteiger partial charge >= 0.3 is 0 Å². The molecule has 0 bridgehead atoms. The van der Waals surface area contributed by atoms with Crippen LogP contribution in [0, 0.1) is 0 Å². The Bertz CT molecular complexity index is 327. The molecule has 0 unspecified atom stereocenters. The maximum atomic E-state index is 9.61. The fourth-order valence-electron chi connectivity index (χ4n) is 1.80. The molecule has 0 aliphatic carbocycles. The molecule has 0 radical (unpaired) electrons. The molecular weight excluding hydrogens is 212 g/mol. The van der Waals surface area contributed by atoms with Gasteiger partial charge in [0.2, 0.25) is 0 Å². The van der Waals surface area contributed by atoms with E-state index in [2.05, 4.69) is 4.90 Å². The Balaban J connectivity index is 2.04. The minimum atomic E-state index is -0.983. The standard InChI is InChI=1S/C11H15ClN2O/c12-9-1-3-10(4-2-9)14-7-5-11(13,15)6-8-14/h1-4,15H,5-8,13H2. The molecule has 0 amide bonds. The third kappa shape index (κ3) is 2.62. The van der Waals surface area contributed by atoms with Gasteiger partial charge in [0, 0.05) is 36.6 Å². The lowest BCUT2D eigenvalue weighted by Gasteiger charge is -2.36. The Kier molecular flexibility index (Phi) is 2.87. The normalized spacial score (nSPS) is 20.3. The zero-order chi connectivity index (χ0) is 10.9. The quantitative estimate of drug-likeness (QED) is 0.715. The van der Waals surface area contributed by atoms with E-state index in [1.54, 1.807) is 0 Å². The molecular formula is C11H15ClN2O. The molecule has 0 spiro atoms. The molecule has 0 aromatic heterocycles. The van der Waals surface area contributed by atoms with E-state index in [0.717, 1.165) is 23.8 Å². The molecule has 4 heteroatoms. The van der Waals surface area contributed by atoms with E-state index in [1.165, 1.54) is 0 Å². The van der Waals surface area contributed by atoms with Crippen LogP contribution in [-0.2, 0) is 0 Å². The van der Waals surface area contributed by atoms with Crippen molar-refractivity contribution in [2.75, 3.05) is 18.0 Å². The summed E-state index contributed by atoms with van der Waals surface area (Å²) >= 11 is 5.82. The van der Waals surface area contributed by atoms with Crippen molar-refractivity contribution in [2.45, 2.75) is 18.6 Å². The summed E-state index contributed by atoms with van der Waals surface area (Å²) in [6, 6.07) is 7.73. The zero-order valence-electron chi connectivity index (χ0n) is 8.49. The molecule has 1 aromatic rings. The van der Waals surface area contributed by atoms with Gasteiger partial charge in [-0.2, -0.15) is 0 Å². The van der Waals surface area contributed by atoms with E-state index >= 15 is 0 Å². The first kappa shape index (κ1) is 10.7. The highest BCUT2D eigenvalue weighted by molar-refractivity contribution is 6.30. The molecule has 1 fully saturated rings. The number of piperidine rings is 1. The maximum Gasteiger partial charge on any atom is 0.116 e. The zero-order valence-corrected chi connectivity index (χ0v) is 9.24. The fraction of sp³-hybridized carbons (Fsp3) is 0.455. The summed E-state index contributed by atoms with van der Waals surface area (Å²) in [5, 5.41) is 10.4. The Hall–Kier alpha value is -0.770. The van der Waals surface area contributed by atoms with E-state index in [0.29, 0.717) is 12.8 Å². The maximum absolute atomic E-state index is 9.61. The highest BCUT2D eigenvalue weighted by atomic mass is 35.5. The Morgan fingerprint density at radius 2 is 1.73 bits per heavy atom. The first-order chi connectivity index (χ1) is 7.07. The highest BCUT2D eigenvalue weighted by Gasteiger charge is 2.27. The van der Waals surface area contributed by atoms with Crippen LogP contribution in [0.1, 0.15) is 12.8 Å². The van der Waals surface area contributed by atoms with E-state index in [1.807, 2.05) is 24.3 Å². The summed E-state index contributed by atoms with van der Waals surface area (Å²) in [6.07, 6.45) is 1.21. The molecule has 82 valence electrons. The van der Waals surface area contributed by atoms with Gasteiger partial charge in [0.1, 0.15) is 5.72 Å². The SMILES string of the molecule is NC1(O)CCN(c2ccc(Cl)cc2)CC1. The average Bonchev–Trinajstić information content (AvgIpc) is 2.20. The summed E-state index contributed by atoms with van der Waals surface area (Å²) < 4.78 is 0. The van der Waals surface area contributed by atoms with Crippen molar-refractivity contribution in [2.24, 2.45) is 5.73 Å². The van der Waals surface area contributed by atoms with Crippen LogP contribution in [-0.4, -0.2) is 23.9 Å². The van der Waals surface area contributed by atoms with E-state index in [4.69, 9.17) is 17.3 Å². The van der Waals surface area contributed by atoms with Crippen LogP contribution in [0.4, 0.5) is 5.69 Å². The summed E-state index contributed by atoms with van der Waals surface area (Å²) in [5.74, 6) is 0. The molecule has 1 heterocycles. The summed E-state index contributed by atoms with van der Waals surface area (Å²) in [6.45, 7) is 1.57. The van der Waals surface area contributed by atoms with Crippen molar-refractivity contribution >= 4 is 17.3 Å². The van der Waals surface area contributed by atoms with E-state index < -0.39 is 5.72 Å². The minimum Gasteiger partial charge on any atom is -0.376 e. The monoisotopic (exact) mass is 226 g/mol. The van der Waals surface area contributed by atoms with Gasteiger partial charge in [0.05, 0.1) is 0 Å². The smallest absolute Gasteiger partial charge is 0.116 e. The molecule has 2 rings (SSSR count). The Morgan fingerprint density at radius 3 is 2.27 bits per heavy atom. The molecule has 3 N–H and O–H groups in total. The Morgan fingerprint density at radius 1 is 1.20 bits per heavy atom. The predicted octanol–water partition coefficient (Wildman–Crippen LogP) is 1.59. The van der Waals surface area contributed by atoms with Crippen LogP contribution < -0.4 is 10.6 Å². The first-order valence-electron chi connectivity index (χ1n) is 5.09. The molecule has 1 aliphatic heterocycles. The second-order valence-electron chi connectivity index (χ2n) is 4.07. The fourth-order valence-corrected chi connectivity index (χ4v) is 1.93. The van der Waals surface area contributed by atoms with Gasteiger partial charge in [-0.1, -0.05) is 11.6 Å². The molecule has 3 nitrogen and oxygen atoms in total. The minimum absolute atomic E-state index is 0.607. The second-order valence-corrected chi connectivity index (χ2v) is 4.50. The second kappa shape index (κ2) is 4.00. The van der Waals surface area contributed by atoms with Gasteiger partial charge in [-0.3, -0.25) is 0 Å². The van der Waals surface area contributed by atoms with Crippen LogP contribution in [0.3, 0.4) is 0 Å². The Labute approximate surface area is 94.4 Å². The molecule has 1 aliphatic rings. The topological polar surface area (TPSA) is 49.5 Å². The number of nitrogens with zero attached hydrogens (tertiary/aromatic N) is 1. The van der Waals surface area contributed by atoms with Crippen molar-refractivity contribution in [3.63, 3.8) is 0 Å². The van der Waals surface area contributed by atoms with Gasteiger partial charge < -0.3 is 15.7 Å². The number of hydrogen-bond acceptors (Lipinski definition) is 3. The number of rotatable bonds is 1. The number of hydrogen-bond donors (Lipinski definition) is 2. The van der Waals surface area contributed by atoms with Crippen LogP contribution in [0.15, 0.2) is 24.3 Å². The molecule has 1 aromatic carbocycles. The lowest BCUT2D eigenvalue weighted by molar-refractivity contribution is 0.0226. The third-order valence-corrected chi connectivity index (χ3v) is 3.07. The predicted molar refractivity (Wildman–Crippen MR) is 62.0 cm³/mol. The largest absolute Gasteiger partial charge is 0.376 e. The van der Waals surface area contributed by atoms with Crippen LogP contribution >= 0.6 is 11.6 Å². The molecule has 15 heavy (non-hydrogen) atoms. The van der Waals surface area contributed by atoms with Crippen LogP contribution in [0.25, 0.3) is 0 Å². The van der Waals surface area contributed by atoms with Gasteiger partial charge in [-0.25, -0.2) is 0 Å². The molecule has 1 saturated heterocycles. The lowest BCUT2D eigenvalue weighted by Crippen LogP contribution is -2.50. The number of halogens is 1. The van der Waals surface area contributed by atoms with Gasteiger partial charge in [0.15, 0.2) is 0 Å². The van der Waals surface area contributed by atoms with Crippen molar-refractivity contribution in [3.8, 4) is 0 Å².